The van der Waals surface area contributed by atoms with Crippen molar-refractivity contribution in [2.45, 2.75) is 32.4 Å². The van der Waals surface area contributed by atoms with Crippen LogP contribution in [0, 0.1) is 0 Å². The zero-order chi connectivity index (χ0) is 11.4. The van der Waals surface area contributed by atoms with Crippen LogP contribution >= 0.6 is 11.3 Å². The summed E-state index contributed by atoms with van der Waals surface area (Å²) in [4.78, 5) is 1.43. The first-order valence-corrected chi connectivity index (χ1v) is 6.41. The summed E-state index contributed by atoms with van der Waals surface area (Å²) in [7, 11) is 0. The van der Waals surface area contributed by atoms with Gasteiger partial charge in [0.1, 0.15) is 0 Å². The van der Waals surface area contributed by atoms with Crippen molar-refractivity contribution in [2.75, 3.05) is 0 Å². The maximum absolute atomic E-state index is 3.96. The van der Waals surface area contributed by atoms with Gasteiger partial charge in [-0.1, -0.05) is 6.07 Å². The van der Waals surface area contributed by atoms with Crippen LogP contribution in [0.1, 0.15) is 30.5 Å². The number of hydrogen-bond donors (Lipinski definition) is 2. The molecule has 16 heavy (non-hydrogen) atoms. The van der Waals surface area contributed by atoms with E-state index in [2.05, 4.69) is 46.9 Å². The lowest BCUT2D eigenvalue weighted by atomic mass is 10.1. The molecule has 0 fully saturated rings. The zero-order valence-corrected chi connectivity index (χ0v) is 10.4. The van der Waals surface area contributed by atoms with Crippen LogP contribution in [0.2, 0.25) is 0 Å². The second-order valence-corrected chi connectivity index (χ2v) is 5.12. The topological polar surface area (TPSA) is 40.7 Å². The van der Waals surface area contributed by atoms with Crippen molar-refractivity contribution in [1.29, 1.82) is 0 Å². The van der Waals surface area contributed by atoms with Crippen molar-refractivity contribution in [2.24, 2.45) is 0 Å². The fourth-order valence-electron chi connectivity index (χ4n) is 1.81. The van der Waals surface area contributed by atoms with E-state index in [-0.39, 0.29) is 0 Å². The van der Waals surface area contributed by atoms with Crippen molar-refractivity contribution in [3.8, 4) is 0 Å². The summed E-state index contributed by atoms with van der Waals surface area (Å²) in [5.74, 6) is 0. The maximum atomic E-state index is 3.96. The van der Waals surface area contributed by atoms with Crippen molar-refractivity contribution in [1.82, 2.24) is 15.5 Å². The van der Waals surface area contributed by atoms with Gasteiger partial charge in [0.25, 0.3) is 0 Å². The Morgan fingerprint density at radius 3 is 2.94 bits per heavy atom. The highest BCUT2D eigenvalue weighted by atomic mass is 32.1. The van der Waals surface area contributed by atoms with Crippen LogP contribution in [0.3, 0.4) is 0 Å². The highest BCUT2D eigenvalue weighted by molar-refractivity contribution is 7.09. The largest absolute Gasteiger partial charge is 0.306 e. The van der Waals surface area contributed by atoms with E-state index in [1.807, 2.05) is 17.4 Å². The molecular formula is C12H17N3S. The lowest BCUT2D eigenvalue weighted by molar-refractivity contribution is 0.471. The van der Waals surface area contributed by atoms with Gasteiger partial charge in [0.2, 0.25) is 0 Å². The molecule has 0 radical (unpaired) electrons. The number of nitrogens with zero attached hydrogens (tertiary/aromatic N) is 1. The molecule has 0 saturated carbocycles. The summed E-state index contributed by atoms with van der Waals surface area (Å²) in [6.45, 7) is 4.37. The second-order valence-electron chi connectivity index (χ2n) is 4.08. The van der Waals surface area contributed by atoms with Gasteiger partial charge in [-0.15, -0.1) is 11.3 Å². The molecule has 0 aliphatic heterocycles. The van der Waals surface area contributed by atoms with Gasteiger partial charge in [0.05, 0.1) is 5.69 Å². The summed E-state index contributed by atoms with van der Waals surface area (Å²) >= 11 is 1.82. The quantitative estimate of drug-likeness (QED) is 0.836. The van der Waals surface area contributed by atoms with E-state index < -0.39 is 0 Å². The Hall–Kier alpha value is -1.13. The molecule has 2 unspecified atom stereocenters. The maximum Gasteiger partial charge on any atom is 0.0518 e. The Morgan fingerprint density at radius 1 is 1.44 bits per heavy atom. The monoisotopic (exact) mass is 235 g/mol. The standard InChI is InChI=1S/C12H17N3S/c1-9(8-11-4-3-7-16-11)14-10(2)12-5-6-13-15-12/h3-7,9-10,14H,8H2,1-2H3,(H,13,15). The van der Waals surface area contributed by atoms with E-state index in [0.29, 0.717) is 12.1 Å². The molecule has 2 heterocycles. The van der Waals surface area contributed by atoms with Crippen molar-refractivity contribution < 1.29 is 0 Å². The van der Waals surface area contributed by atoms with Gasteiger partial charge in [0, 0.05) is 23.2 Å². The Morgan fingerprint density at radius 2 is 2.31 bits per heavy atom. The molecule has 0 spiro atoms. The third-order valence-corrected chi connectivity index (χ3v) is 3.51. The predicted octanol–water partition coefficient (Wildman–Crippen LogP) is 2.75. The lowest BCUT2D eigenvalue weighted by Gasteiger charge is -2.18. The highest BCUT2D eigenvalue weighted by Gasteiger charge is 2.11. The summed E-state index contributed by atoms with van der Waals surface area (Å²) in [6, 6.07) is 7.08. The molecule has 2 N–H and O–H groups in total. The van der Waals surface area contributed by atoms with Gasteiger partial charge < -0.3 is 5.32 Å². The summed E-state index contributed by atoms with van der Waals surface area (Å²) in [5.41, 5.74) is 1.14. The first-order valence-electron chi connectivity index (χ1n) is 5.53. The zero-order valence-electron chi connectivity index (χ0n) is 9.60. The predicted molar refractivity (Wildman–Crippen MR) is 67.6 cm³/mol. The molecule has 0 aliphatic carbocycles. The molecule has 0 amide bonds. The molecule has 0 saturated heterocycles. The SMILES string of the molecule is CC(Cc1cccs1)NC(C)c1ccn[nH]1. The second kappa shape index (κ2) is 5.27. The van der Waals surface area contributed by atoms with E-state index in [9.17, 15) is 0 Å². The molecule has 0 bridgehead atoms. The fraction of sp³-hybridized carbons (Fsp3) is 0.417. The number of H-pyrrole nitrogens is 1. The van der Waals surface area contributed by atoms with Gasteiger partial charge >= 0.3 is 0 Å². The van der Waals surface area contributed by atoms with Crippen LogP contribution in [-0.4, -0.2) is 16.2 Å². The normalized spacial score (nSPS) is 14.9. The van der Waals surface area contributed by atoms with Gasteiger partial charge in [-0.05, 0) is 37.8 Å². The number of aromatic nitrogens is 2. The van der Waals surface area contributed by atoms with Crippen molar-refractivity contribution >= 4 is 11.3 Å². The molecule has 2 atom stereocenters. The van der Waals surface area contributed by atoms with Crippen LogP contribution in [0.15, 0.2) is 29.8 Å². The molecule has 86 valence electrons. The fourth-order valence-corrected chi connectivity index (χ4v) is 2.65. The van der Waals surface area contributed by atoms with E-state index in [1.54, 1.807) is 6.20 Å². The number of aromatic amines is 1. The number of hydrogen-bond acceptors (Lipinski definition) is 3. The van der Waals surface area contributed by atoms with Crippen LogP contribution in [0.5, 0.6) is 0 Å². The molecule has 0 aromatic carbocycles. The summed E-state index contributed by atoms with van der Waals surface area (Å²) in [6.07, 6.45) is 2.87. The highest BCUT2D eigenvalue weighted by Crippen LogP contribution is 2.14. The molecule has 2 rings (SSSR count). The smallest absolute Gasteiger partial charge is 0.0518 e. The number of thiophene rings is 1. The molecular weight excluding hydrogens is 218 g/mol. The third-order valence-electron chi connectivity index (χ3n) is 2.61. The first-order chi connectivity index (χ1) is 7.75. The Bertz CT molecular complexity index is 394. The lowest BCUT2D eigenvalue weighted by Crippen LogP contribution is -2.30. The number of rotatable bonds is 5. The Kier molecular flexibility index (Phi) is 3.74. The number of nitrogens with one attached hydrogen (secondary N) is 2. The summed E-state index contributed by atoms with van der Waals surface area (Å²) in [5, 5.41) is 12.6. The molecule has 3 nitrogen and oxygen atoms in total. The average Bonchev–Trinajstić information content (AvgIpc) is 2.88. The first kappa shape index (κ1) is 11.4. The van der Waals surface area contributed by atoms with Crippen LogP contribution < -0.4 is 5.32 Å². The summed E-state index contributed by atoms with van der Waals surface area (Å²) < 4.78 is 0. The minimum absolute atomic E-state index is 0.317. The molecule has 4 heteroatoms. The van der Waals surface area contributed by atoms with Crippen LogP contribution in [-0.2, 0) is 6.42 Å². The van der Waals surface area contributed by atoms with Gasteiger partial charge in [-0.2, -0.15) is 5.10 Å². The van der Waals surface area contributed by atoms with E-state index >= 15 is 0 Å². The van der Waals surface area contributed by atoms with E-state index in [1.165, 1.54) is 4.88 Å². The molecule has 0 aliphatic rings. The van der Waals surface area contributed by atoms with Gasteiger partial charge in [-0.3, -0.25) is 5.10 Å². The molecule has 2 aromatic heterocycles. The van der Waals surface area contributed by atoms with E-state index in [0.717, 1.165) is 12.1 Å². The van der Waals surface area contributed by atoms with Crippen LogP contribution in [0.4, 0.5) is 0 Å². The van der Waals surface area contributed by atoms with E-state index in [4.69, 9.17) is 0 Å². The van der Waals surface area contributed by atoms with Crippen LogP contribution in [0.25, 0.3) is 0 Å². The van der Waals surface area contributed by atoms with Crippen molar-refractivity contribution in [3.05, 3.63) is 40.3 Å². The Balaban J connectivity index is 1.85. The van der Waals surface area contributed by atoms with Crippen molar-refractivity contribution in [3.63, 3.8) is 0 Å². The molecule has 2 aromatic rings. The minimum atomic E-state index is 0.317. The average molecular weight is 235 g/mol. The third kappa shape index (κ3) is 2.93. The minimum Gasteiger partial charge on any atom is -0.306 e. The van der Waals surface area contributed by atoms with Gasteiger partial charge in [0.15, 0.2) is 0 Å². The Labute approximate surface area is 99.9 Å². The van der Waals surface area contributed by atoms with Gasteiger partial charge in [-0.25, -0.2) is 0 Å².